The van der Waals surface area contributed by atoms with Crippen LogP contribution in [-0.2, 0) is 9.53 Å². The van der Waals surface area contributed by atoms with E-state index in [0.29, 0.717) is 32.5 Å². The van der Waals surface area contributed by atoms with Crippen molar-refractivity contribution in [2.75, 3.05) is 19.7 Å². The van der Waals surface area contributed by atoms with Gasteiger partial charge in [-0.05, 0) is 25.8 Å². The second-order valence-electron chi connectivity index (χ2n) is 6.10. The molecule has 110 valence electrons. The van der Waals surface area contributed by atoms with Crippen LogP contribution in [0.4, 0.5) is 0 Å². The molecule has 2 N–H and O–H groups in total. The minimum absolute atomic E-state index is 0.0141. The van der Waals surface area contributed by atoms with Gasteiger partial charge in [0, 0.05) is 18.5 Å². The molecule has 0 aliphatic carbocycles. The van der Waals surface area contributed by atoms with Crippen molar-refractivity contribution >= 4 is 5.91 Å². The van der Waals surface area contributed by atoms with E-state index in [2.05, 4.69) is 0 Å². The van der Waals surface area contributed by atoms with E-state index < -0.39 is 0 Å². The highest BCUT2D eigenvalue weighted by atomic mass is 16.5. The normalized spacial score (nSPS) is 19.9. The summed E-state index contributed by atoms with van der Waals surface area (Å²) in [6.07, 6.45) is 1.20. The highest BCUT2D eigenvalue weighted by Gasteiger charge is 2.25. The highest BCUT2D eigenvalue weighted by Crippen LogP contribution is 2.22. The van der Waals surface area contributed by atoms with Gasteiger partial charge in [0.25, 0.3) is 0 Å². The number of nitrogens with zero attached hydrogens (tertiary/aromatic N) is 1. The van der Waals surface area contributed by atoms with Crippen LogP contribution in [0.5, 0.6) is 0 Å². The van der Waals surface area contributed by atoms with E-state index in [1.807, 2.05) is 49.1 Å². The van der Waals surface area contributed by atoms with Crippen molar-refractivity contribution in [3.8, 4) is 0 Å². The number of ether oxygens (including phenoxy) is 1. The fourth-order valence-corrected chi connectivity index (χ4v) is 2.33. The third-order valence-corrected chi connectivity index (χ3v) is 3.57. The molecule has 20 heavy (non-hydrogen) atoms. The Morgan fingerprint density at radius 1 is 1.40 bits per heavy atom. The molecule has 0 bridgehead atoms. The van der Waals surface area contributed by atoms with Crippen LogP contribution in [0.25, 0.3) is 0 Å². The molecule has 4 nitrogen and oxygen atoms in total. The highest BCUT2D eigenvalue weighted by molar-refractivity contribution is 5.76. The van der Waals surface area contributed by atoms with Crippen LogP contribution in [0.3, 0.4) is 0 Å². The zero-order chi connectivity index (χ0) is 14.6. The molecule has 0 aromatic heterocycles. The lowest BCUT2D eigenvalue weighted by Gasteiger charge is -2.33. The minimum atomic E-state index is -0.291. The topological polar surface area (TPSA) is 55.6 Å². The maximum atomic E-state index is 12.2. The van der Waals surface area contributed by atoms with Gasteiger partial charge in [-0.25, -0.2) is 0 Å². The van der Waals surface area contributed by atoms with Gasteiger partial charge in [0.15, 0.2) is 0 Å². The summed E-state index contributed by atoms with van der Waals surface area (Å²) in [5, 5.41) is 0. The molecule has 1 amide bonds. The second kappa shape index (κ2) is 6.37. The Morgan fingerprint density at radius 2 is 2.10 bits per heavy atom. The van der Waals surface area contributed by atoms with Crippen LogP contribution < -0.4 is 5.73 Å². The van der Waals surface area contributed by atoms with E-state index in [1.54, 1.807) is 0 Å². The molecule has 0 spiro atoms. The number of benzene rings is 1. The molecule has 1 atom stereocenters. The molecule has 0 radical (unpaired) electrons. The third-order valence-electron chi connectivity index (χ3n) is 3.57. The summed E-state index contributed by atoms with van der Waals surface area (Å²) in [5.74, 6) is 0.174. The summed E-state index contributed by atoms with van der Waals surface area (Å²) in [4.78, 5) is 14.1. The Hall–Kier alpha value is -1.39. The molecule has 4 heteroatoms. The van der Waals surface area contributed by atoms with Crippen LogP contribution in [0.15, 0.2) is 30.3 Å². The summed E-state index contributed by atoms with van der Waals surface area (Å²) in [7, 11) is 0. The molecule has 1 fully saturated rings. The zero-order valence-corrected chi connectivity index (χ0v) is 12.3. The van der Waals surface area contributed by atoms with E-state index in [-0.39, 0.29) is 17.6 Å². The lowest BCUT2D eigenvalue weighted by molar-refractivity contribution is -0.139. The van der Waals surface area contributed by atoms with Gasteiger partial charge in [-0.3, -0.25) is 4.79 Å². The number of hydrogen-bond donors (Lipinski definition) is 1. The van der Waals surface area contributed by atoms with E-state index >= 15 is 0 Å². The van der Waals surface area contributed by atoms with Crippen molar-refractivity contribution in [2.45, 2.75) is 38.3 Å². The molecular weight excluding hydrogens is 252 g/mol. The second-order valence-corrected chi connectivity index (χ2v) is 6.10. The molecule has 1 aliphatic heterocycles. The van der Waals surface area contributed by atoms with Gasteiger partial charge in [-0.15, -0.1) is 0 Å². The first-order chi connectivity index (χ1) is 9.46. The van der Waals surface area contributed by atoms with Crippen molar-refractivity contribution in [2.24, 2.45) is 5.73 Å². The number of morpholine rings is 1. The van der Waals surface area contributed by atoms with E-state index in [9.17, 15) is 4.79 Å². The van der Waals surface area contributed by atoms with Gasteiger partial charge < -0.3 is 15.4 Å². The van der Waals surface area contributed by atoms with E-state index in [4.69, 9.17) is 10.5 Å². The van der Waals surface area contributed by atoms with Crippen LogP contribution >= 0.6 is 0 Å². The number of rotatable bonds is 4. The summed E-state index contributed by atoms with van der Waals surface area (Å²) >= 11 is 0. The van der Waals surface area contributed by atoms with E-state index in [0.717, 1.165) is 5.56 Å². The van der Waals surface area contributed by atoms with Crippen molar-refractivity contribution in [3.05, 3.63) is 35.9 Å². The van der Waals surface area contributed by atoms with Gasteiger partial charge >= 0.3 is 0 Å². The van der Waals surface area contributed by atoms with Crippen molar-refractivity contribution in [3.63, 3.8) is 0 Å². The summed E-state index contributed by atoms with van der Waals surface area (Å²) in [6, 6.07) is 10.1. The first kappa shape index (κ1) is 15.0. The van der Waals surface area contributed by atoms with E-state index in [1.165, 1.54) is 0 Å². The largest absolute Gasteiger partial charge is 0.370 e. The fourth-order valence-electron chi connectivity index (χ4n) is 2.33. The van der Waals surface area contributed by atoms with Gasteiger partial charge in [0.2, 0.25) is 5.91 Å². The number of hydrogen-bond acceptors (Lipinski definition) is 3. The van der Waals surface area contributed by atoms with Crippen LogP contribution in [0.2, 0.25) is 0 Å². The zero-order valence-electron chi connectivity index (χ0n) is 12.3. The standard InChI is InChI=1S/C16H24N2O2/c1-16(2,17)9-8-15(19)18-10-11-20-14(12-18)13-6-4-3-5-7-13/h3-7,14H,8-12,17H2,1-2H3. The predicted octanol–water partition coefficient (Wildman–Crippen LogP) is 2.10. The van der Waals surface area contributed by atoms with Crippen LogP contribution in [0, 0.1) is 0 Å². The minimum Gasteiger partial charge on any atom is -0.370 e. The predicted molar refractivity (Wildman–Crippen MR) is 79.2 cm³/mol. The molecule has 1 unspecified atom stereocenters. The number of carbonyl (C=O) groups is 1. The Bertz CT molecular complexity index is 440. The Kier molecular flexibility index (Phi) is 4.78. The lowest BCUT2D eigenvalue weighted by Crippen LogP contribution is -2.43. The molecule has 2 rings (SSSR count). The first-order valence-corrected chi connectivity index (χ1v) is 7.19. The fraction of sp³-hybridized carbons (Fsp3) is 0.562. The Morgan fingerprint density at radius 3 is 2.75 bits per heavy atom. The lowest BCUT2D eigenvalue weighted by atomic mass is 9.99. The smallest absolute Gasteiger partial charge is 0.222 e. The molecule has 1 aromatic carbocycles. The SMILES string of the molecule is CC(C)(N)CCC(=O)N1CCOC(c2ccccc2)C1. The number of carbonyl (C=O) groups excluding carboxylic acids is 1. The summed E-state index contributed by atoms with van der Waals surface area (Å²) in [5.41, 5.74) is 6.77. The summed E-state index contributed by atoms with van der Waals surface area (Å²) < 4.78 is 5.77. The monoisotopic (exact) mass is 276 g/mol. The van der Waals surface area contributed by atoms with Gasteiger partial charge in [-0.1, -0.05) is 30.3 Å². The Balaban J connectivity index is 1.92. The molecule has 1 aromatic rings. The van der Waals surface area contributed by atoms with Gasteiger partial charge in [0.05, 0.1) is 13.2 Å². The van der Waals surface area contributed by atoms with Crippen molar-refractivity contribution < 1.29 is 9.53 Å². The molecule has 1 heterocycles. The van der Waals surface area contributed by atoms with Gasteiger partial charge in [-0.2, -0.15) is 0 Å². The maximum absolute atomic E-state index is 12.2. The van der Waals surface area contributed by atoms with Crippen molar-refractivity contribution in [1.82, 2.24) is 4.90 Å². The average Bonchev–Trinajstić information content (AvgIpc) is 2.45. The number of nitrogens with two attached hydrogens (primary N) is 1. The summed E-state index contributed by atoms with van der Waals surface area (Å²) in [6.45, 7) is 5.80. The van der Waals surface area contributed by atoms with Gasteiger partial charge in [0.1, 0.15) is 6.10 Å². The Labute approximate surface area is 120 Å². The first-order valence-electron chi connectivity index (χ1n) is 7.19. The molecule has 0 saturated carbocycles. The number of amides is 1. The van der Waals surface area contributed by atoms with Crippen LogP contribution in [-0.4, -0.2) is 36.0 Å². The average molecular weight is 276 g/mol. The quantitative estimate of drug-likeness (QED) is 0.916. The molecule has 1 saturated heterocycles. The molecule has 1 aliphatic rings. The van der Waals surface area contributed by atoms with Crippen LogP contribution in [0.1, 0.15) is 38.4 Å². The maximum Gasteiger partial charge on any atom is 0.222 e. The molecular formula is C16H24N2O2. The third kappa shape index (κ3) is 4.32. The van der Waals surface area contributed by atoms with Crippen molar-refractivity contribution in [1.29, 1.82) is 0 Å².